The maximum absolute atomic E-state index is 13.1. The molecule has 1 aliphatic carbocycles. The summed E-state index contributed by atoms with van der Waals surface area (Å²) >= 11 is 0. The first-order valence-corrected chi connectivity index (χ1v) is 7.65. The Bertz CT molecular complexity index is 790. The number of aromatic carboxylic acids is 1. The molecular weight excluding hydrogens is 309 g/mol. The third-order valence-electron chi connectivity index (χ3n) is 3.78. The molecule has 2 aromatic rings. The Balaban J connectivity index is 1.94. The zero-order chi connectivity index (χ0) is 17.1. The molecule has 5 heteroatoms. The van der Waals surface area contributed by atoms with Gasteiger partial charge in [-0.05, 0) is 54.3 Å². The van der Waals surface area contributed by atoms with E-state index in [0.29, 0.717) is 16.7 Å². The maximum Gasteiger partial charge on any atom is 0.335 e. The fourth-order valence-corrected chi connectivity index (χ4v) is 2.29. The second-order valence-corrected chi connectivity index (χ2v) is 5.74. The highest BCUT2D eigenvalue weighted by Crippen LogP contribution is 2.24. The summed E-state index contributed by atoms with van der Waals surface area (Å²) in [6.07, 6.45) is 3.61. The molecule has 2 aromatic carbocycles. The number of rotatable bonds is 5. The summed E-state index contributed by atoms with van der Waals surface area (Å²) in [5.41, 5.74) is 1.91. The van der Waals surface area contributed by atoms with Gasteiger partial charge in [0, 0.05) is 11.6 Å². The number of carbonyl (C=O) groups is 2. The minimum absolute atomic E-state index is 0.179. The van der Waals surface area contributed by atoms with Crippen molar-refractivity contribution in [3.8, 4) is 0 Å². The fourth-order valence-electron chi connectivity index (χ4n) is 2.29. The predicted molar refractivity (Wildman–Crippen MR) is 88.8 cm³/mol. The van der Waals surface area contributed by atoms with Crippen molar-refractivity contribution in [3.63, 3.8) is 0 Å². The van der Waals surface area contributed by atoms with E-state index < -0.39 is 5.97 Å². The summed E-state index contributed by atoms with van der Waals surface area (Å²) in [5, 5.41) is 11.9. The third-order valence-corrected chi connectivity index (χ3v) is 3.78. The van der Waals surface area contributed by atoms with Crippen LogP contribution in [0, 0.1) is 5.82 Å². The van der Waals surface area contributed by atoms with Gasteiger partial charge in [0.1, 0.15) is 5.82 Å². The van der Waals surface area contributed by atoms with Gasteiger partial charge in [-0.3, -0.25) is 4.79 Å². The first-order chi connectivity index (χ1) is 11.5. The van der Waals surface area contributed by atoms with Gasteiger partial charge in [0.2, 0.25) is 0 Å². The highest BCUT2D eigenvalue weighted by Gasteiger charge is 2.25. The zero-order valence-corrected chi connectivity index (χ0v) is 12.8. The van der Waals surface area contributed by atoms with Crippen LogP contribution in [0.15, 0.2) is 48.5 Å². The van der Waals surface area contributed by atoms with Crippen LogP contribution in [0.2, 0.25) is 0 Å². The molecule has 0 unspecified atom stereocenters. The number of hydrogen-bond acceptors (Lipinski definition) is 2. The monoisotopic (exact) mass is 325 g/mol. The second-order valence-electron chi connectivity index (χ2n) is 5.74. The van der Waals surface area contributed by atoms with Crippen molar-refractivity contribution in [1.82, 2.24) is 5.32 Å². The smallest absolute Gasteiger partial charge is 0.335 e. The molecule has 1 amide bonds. The molecule has 3 rings (SSSR count). The van der Waals surface area contributed by atoms with Crippen molar-refractivity contribution in [2.75, 3.05) is 0 Å². The van der Waals surface area contributed by atoms with E-state index in [9.17, 15) is 14.0 Å². The van der Waals surface area contributed by atoms with Gasteiger partial charge in [-0.25, -0.2) is 9.18 Å². The Kier molecular flexibility index (Phi) is 4.42. The largest absolute Gasteiger partial charge is 0.478 e. The molecule has 122 valence electrons. The van der Waals surface area contributed by atoms with E-state index in [0.717, 1.165) is 12.8 Å². The summed E-state index contributed by atoms with van der Waals surface area (Å²) in [5.74, 6) is -1.59. The third kappa shape index (κ3) is 3.87. The van der Waals surface area contributed by atoms with Crippen molar-refractivity contribution < 1.29 is 19.1 Å². The number of hydrogen-bond donors (Lipinski definition) is 2. The van der Waals surface area contributed by atoms with Crippen LogP contribution in [-0.4, -0.2) is 23.0 Å². The minimum atomic E-state index is -1.00. The number of nitrogens with one attached hydrogen (secondary N) is 1. The molecular formula is C19H16FNO3. The van der Waals surface area contributed by atoms with E-state index in [1.54, 1.807) is 30.3 Å². The average Bonchev–Trinajstić information content (AvgIpc) is 3.38. The lowest BCUT2D eigenvalue weighted by Gasteiger charge is -2.09. The summed E-state index contributed by atoms with van der Waals surface area (Å²) in [4.78, 5) is 23.4. The quantitative estimate of drug-likeness (QED) is 0.654. The summed E-state index contributed by atoms with van der Waals surface area (Å²) < 4.78 is 13.1. The van der Waals surface area contributed by atoms with Crippen molar-refractivity contribution in [2.45, 2.75) is 18.9 Å². The Hall–Kier alpha value is -2.95. The van der Waals surface area contributed by atoms with E-state index in [1.807, 2.05) is 0 Å². The number of carbonyl (C=O) groups excluding carboxylic acids is 1. The van der Waals surface area contributed by atoms with E-state index in [-0.39, 0.29) is 23.3 Å². The van der Waals surface area contributed by atoms with Gasteiger partial charge in [-0.15, -0.1) is 0 Å². The van der Waals surface area contributed by atoms with E-state index in [1.165, 1.54) is 24.3 Å². The molecule has 1 aliphatic rings. The first kappa shape index (κ1) is 15.9. The Morgan fingerprint density at radius 2 is 1.58 bits per heavy atom. The van der Waals surface area contributed by atoms with Crippen molar-refractivity contribution in [1.29, 1.82) is 0 Å². The molecule has 1 saturated carbocycles. The maximum atomic E-state index is 13.1. The number of benzene rings is 2. The SMILES string of the molecule is O=C(NC1CC1)/C(=C/c1ccc(C(=O)O)cc1)c1ccc(F)cc1. The Morgan fingerprint density at radius 1 is 1.00 bits per heavy atom. The predicted octanol–water partition coefficient (Wildman–Crippen LogP) is 3.34. The summed E-state index contributed by atoms with van der Waals surface area (Å²) in [7, 11) is 0. The molecule has 1 fully saturated rings. The molecule has 0 bridgehead atoms. The van der Waals surface area contributed by atoms with Crippen LogP contribution < -0.4 is 5.32 Å². The number of carboxylic acids is 1. The lowest BCUT2D eigenvalue weighted by Crippen LogP contribution is -2.26. The highest BCUT2D eigenvalue weighted by molar-refractivity contribution is 6.24. The Labute approximate surface area is 138 Å². The van der Waals surface area contributed by atoms with E-state index in [2.05, 4.69) is 5.32 Å². The lowest BCUT2D eigenvalue weighted by atomic mass is 10.0. The summed E-state index contributed by atoms with van der Waals surface area (Å²) in [6.45, 7) is 0. The number of halogens is 1. The van der Waals surface area contributed by atoms with Crippen LogP contribution in [0.4, 0.5) is 4.39 Å². The molecule has 0 spiro atoms. The van der Waals surface area contributed by atoms with Gasteiger partial charge in [-0.2, -0.15) is 0 Å². The second kappa shape index (κ2) is 6.66. The van der Waals surface area contributed by atoms with Gasteiger partial charge in [0.25, 0.3) is 5.91 Å². The fraction of sp³-hybridized carbons (Fsp3) is 0.158. The van der Waals surface area contributed by atoms with Gasteiger partial charge in [0.05, 0.1) is 5.56 Å². The van der Waals surface area contributed by atoms with Crippen molar-refractivity contribution in [2.24, 2.45) is 0 Å². The lowest BCUT2D eigenvalue weighted by molar-refractivity contribution is -0.115. The standard InChI is InChI=1S/C19H16FNO3/c20-15-7-5-13(6-8-15)17(18(22)21-16-9-10-16)11-12-1-3-14(4-2-12)19(23)24/h1-8,11,16H,9-10H2,(H,21,22)(H,23,24)/b17-11+. The van der Waals surface area contributed by atoms with Crippen LogP contribution >= 0.6 is 0 Å². The van der Waals surface area contributed by atoms with E-state index >= 15 is 0 Å². The zero-order valence-electron chi connectivity index (χ0n) is 12.8. The molecule has 0 saturated heterocycles. The molecule has 0 atom stereocenters. The van der Waals surface area contributed by atoms with Crippen LogP contribution in [0.5, 0.6) is 0 Å². The van der Waals surface area contributed by atoms with Crippen molar-refractivity contribution >= 4 is 23.5 Å². The first-order valence-electron chi connectivity index (χ1n) is 7.65. The van der Waals surface area contributed by atoms with Crippen LogP contribution in [0.3, 0.4) is 0 Å². The number of amides is 1. The van der Waals surface area contributed by atoms with Crippen molar-refractivity contribution in [3.05, 3.63) is 71.0 Å². The van der Waals surface area contributed by atoms with Gasteiger partial charge in [-0.1, -0.05) is 24.3 Å². The molecule has 0 aromatic heterocycles. The molecule has 0 aliphatic heterocycles. The Morgan fingerprint density at radius 3 is 2.12 bits per heavy atom. The van der Waals surface area contributed by atoms with Gasteiger partial charge >= 0.3 is 5.97 Å². The van der Waals surface area contributed by atoms with Gasteiger partial charge < -0.3 is 10.4 Å². The molecule has 0 radical (unpaired) electrons. The van der Waals surface area contributed by atoms with Gasteiger partial charge in [0.15, 0.2) is 0 Å². The molecule has 2 N–H and O–H groups in total. The minimum Gasteiger partial charge on any atom is -0.478 e. The highest BCUT2D eigenvalue weighted by atomic mass is 19.1. The van der Waals surface area contributed by atoms with Crippen LogP contribution in [0.1, 0.15) is 34.3 Å². The molecule has 4 nitrogen and oxygen atoms in total. The number of carboxylic acid groups (broad SMARTS) is 1. The topological polar surface area (TPSA) is 66.4 Å². The normalized spacial score (nSPS) is 14.3. The van der Waals surface area contributed by atoms with Crippen LogP contribution in [-0.2, 0) is 4.79 Å². The average molecular weight is 325 g/mol. The molecule has 24 heavy (non-hydrogen) atoms. The summed E-state index contributed by atoms with van der Waals surface area (Å²) in [6, 6.07) is 12.2. The molecule has 0 heterocycles. The van der Waals surface area contributed by atoms with Crippen LogP contribution in [0.25, 0.3) is 11.6 Å². The van der Waals surface area contributed by atoms with E-state index in [4.69, 9.17) is 5.11 Å².